The molecular formula is C16H14FNS. The van der Waals surface area contributed by atoms with Crippen LogP contribution in [0.2, 0.25) is 0 Å². The molecule has 1 nitrogen and oxygen atoms in total. The molecule has 0 spiro atoms. The maximum absolute atomic E-state index is 13.8. The van der Waals surface area contributed by atoms with Crippen LogP contribution in [0.5, 0.6) is 0 Å². The zero-order valence-electron chi connectivity index (χ0n) is 10.6. The molecule has 0 amide bonds. The molecule has 3 rings (SSSR count). The summed E-state index contributed by atoms with van der Waals surface area (Å²) in [4.78, 5) is 1.28. The molecule has 0 radical (unpaired) electrons. The Morgan fingerprint density at radius 3 is 2.68 bits per heavy atom. The molecule has 96 valence electrons. The molecule has 0 unspecified atom stereocenters. The van der Waals surface area contributed by atoms with Crippen LogP contribution in [0, 0.1) is 5.82 Å². The summed E-state index contributed by atoms with van der Waals surface area (Å²) >= 11 is 1.73. The minimum absolute atomic E-state index is 0.162. The van der Waals surface area contributed by atoms with Gasteiger partial charge < -0.3 is 5.32 Å². The van der Waals surface area contributed by atoms with Crippen molar-refractivity contribution in [3.8, 4) is 11.1 Å². The van der Waals surface area contributed by atoms with Gasteiger partial charge in [-0.25, -0.2) is 4.39 Å². The second-order valence-corrected chi connectivity index (χ2v) is 5.47. The summed E-state index contributed by atoms with van der Waals surface area (Å²) in [6, 6.07) is 13.2. The van der Waals surface area contributed by atoms with Crippen molar-refractivity contribution < 1.29 is 4.39 Å². The summed E-state index contributed by atoms with van der Waals surface area (Å²) in [5.74, 6) is -0.162. The molecule has 1 heterocycles. The number of fused-ring (bicyclic) bond motifs is 1. The van der Waals surface area contributed by atoms with E-state index in [1.54, 1.807) is 17.4 Å². The standard InChI is InChI=1S/C16H14FNS/c1-18-9-12-8-11(10-19-12)13-6-7-16(17)15-5-3-2-4-14(13)15/h2-8,10,18H,9H2,1H3. The first-order chi connectivity index (χ1) is 9.29. The van der Waals surface area contributed by atoms with Crippen LogP contribution in [0.4, 0.5) is 4.39 Å². The van der Waals surface area contributed by atoms with Crippen molar-refractivity contribution in [1.29, 1.82) is 0 Å². The van der Waals surface area contributed by atoms with Gasteiger partial charge in [0.15, 0.2) is 0 Å². The number of benzene rings is 2. The van der Waals surface area contributed by atoms with Gasteiger partial charge in [0.2, 0.25) is 0 Å². The van der Waals surface area contributed by atoms with Crippen LogP contribution in [-0.2, 0) is 6.54 Å². The normalized spacial score (nSPS) is 11.1. The summed E-state index contributed by atoms with van der Waals surface area (Å²) in [5.41, 5.74) is 2.25. The van der Waals surface area contributed by atoms with Crippen LogP contribution in [0.25, 0.3) is 21.9 Å². The Balaban J connectivity index is 2.16. The molecule has 0 fully saturated rings. The SMILES string of the molecule is CNCc1cc(-c2ccc(F)c3ccccc23)cs1. The van der Waals surface area contributed by atoms with Crippen LogP contribution in [0.1, 0.15) is 4.88 Å². The van der Waals surface area contributed by atoms with Crippen LogP contribution in [0.3, 0.4) is 0 Å². The average Bonchev–Trinajstić information content (AvgIpc) is 2.88. The lowest BCUT2D eigenvalue weighted by atomic mass is 10.00. The molecule has 3 aromatic rings. The summed E-state index contributed by atoms with van der Waals surface area (Å²) in [7, 11) is 1.94. The van der Waals surface area contributed by atoms with E-state index in [4.69, 9.17) is 0 Å². The summed E-state index contributed by atoms with van der Waals surface area (Å²) in [6.45, 7) is 0.865. The van der Waals surface area contributed by atoms with Crippen molar-refractivity contribution in [2.75, 3.05) is 7.05 Å². The lowest BCUT2D eigenvalue weighted by molar-refractivity contribution is 0.640. The third-order valence-corrected chi connectivity index (χ3v) is 4.12. The Morgan fingerprint density at radius 1 is 1.11 bits per heavy atom. The zero-order valence-corrected chi connectivity index (χ0v) is 11.4. The summed E-state index contributed by atoms with van der Waals surface area (Å²) in [6.07, 6.45) is 0. The van der Waals surface area contributed by atoms with Gasteiger partial charge in [0.1, 0.15) is 5.82 Å². The van der Waals surface area contributed by atoms with Crippen LogP contribution < -0.4 is 5.32 Å². The number of thiophene rings is 1. The lowest BCUT2D eigenvalue weighted by Crippen LogP contribution is -2.02. The highest BCUT2D eigenvalue weighted by atomic mass is 32.1. The minimum Gasteiger partial charge on any atom is -0.315 e. The molecule has 1 N–H and O–H groups in total. The Hall–Kier alpha value is -1.71. The van der Waals surface area contributed by atoms with Gasteiger partial charge in [-0.3, -0.25) is 0 Å². The predicted molar refractivity (Wildman–Crippen MR) is 80.0 cm³/mol. The lowest BCUT2D eigenvalue weighted by Gasteiger charge is -2.05. The monoisotopic (exact) mass is 271 g/mol. The highest BCUT2D eigenvalue weighted by Gasteiger charge is 2.08. The molecule has 0 aliphatic heterocycles. The fraction of sp³-hybridized carbons (Fsp3) is 0.125. The third kappa shape index (κ3) is 2.27. The molecule has 0 aliphatic carbocycles. The van der Waals surface area contributed by atoms with E-state index < -0.39 is 0 Å². The molecule has 0 saturated carbocycles. The molecule has 0 saturated heterocycles. The first kappa shape index (κ1) is 12.3. The van der Waals surface area contributed by atoms with Gasteiger partial charge in [-0.05, 0) is 41.1 Å². The highest BCUT2D eigenvalue weighted by molar-refractivity contribution is 7.10. The fourth-order valence-corrected chi connectivity index (χ4v) is 3.20. The largest absolute Gasteiger partial charge is 0.315 e. The smallest absolute Gasteiger partial charge is 0.131 e. The minimum atomic E-state index is -0.162. The number of rotatable bonds is 3. The van der Waals surface area contributed by atoms with Gasteiger partial charge in [0.05, 0.1) is 0 Å². The van der Waals surface area contributed by atoms with E-state index in [0.717, 1.165) is 23.1 Å². The van der Waals surface area contributed by atoms with E-state index in [-0.39, 0.29) is 5.82 Å². The van der Waals surface area contributed by atoms with Gasteiger partial charge in [0.25, 0.3) is 0 Å². The van der Waals surface area contributed by atoms with Crippen molar-refractivity contribution in [1.82, 2.24) is 5.32 Å². The molecule has 19 heavy (non-hydrogen) atoms. The van der Waals surface area contributed by atoms with Gasteiger partial charge in [-0.2, -0.15) is 0 Å². The molecule has 2 aromatic carbocycles. The van der Waals surface area contributed by atoms with Crippen molar-refractivity contribution in [3.05, 3.63) is 58.5 Å². The molecule has 0 bridgehead atoms. The van der Waals surface area contributed by atoms with E-state index in [1.165, 1.54) is 4.88 Å². The van der Waals surface area contributed by atoms with E-state index in [0.29, 0.717) is 5.39 Å². The Kier molecular flexibility index (Phi) is 3.32. The first-order valence-electron chi connectivity index (χ1n) is 6.19. The quantitative estimate of drug-likeness (QED) is 0.743. The van der Waals surface area contributed by atoms with Crippen LogP contribution in [0.15, 0.2) is 47.8 Å². The number of hydrogen-bond donors (Lipinski definition) is 1. The maximum atomic E-state index is 13.8. The van der Waals surface area contributed by atoms with Crippen molar-refractivity contribution in [2.24, 2.45) is 0 Å². The molecular weight excluding hydrogens is 257 g/mol. The van der Waals surface area contributed by atoms with Crippen molar-refractivity contribution >= 4 is 22.1 Å². The van der Waals surface area contributed by atoms with E-state index in [1.807, 2.05) is 37.4 Å². The predicted octanol–water partition coefficient (Wildman–Crippen LogP) is 4.43. The highest BCUT2D eigenvalue weighted by Crippen LogP contribution is 2.32. The van der Waals surface area contributed by atoms with E-state index >= 15 is 0 Å². The Morgan fingerprint density at radius 2 is 1.89 bits per heavy atom. The third-order valence-electron chi connectivity index (χ3n) is 3.19. The van der Waals surface area contributed by atoms with Crippen molar-refractivity contribution in [2.45, 2.75) is 6.54 Å². The Bertz CT molecular complexity index is 718. The number of nitrogens with one attached hydrogen (secondary N) is 1. The summed E-state index contributed by atoms with van der Waals surface area (Å²) in [5, 5.41) is 6.93. The number of halogens is 1. The average molecular weight is 271 g/mol. The zero-order chi connectivity index (χ0) is 13.2. The van der Waals surface area contributed by atoms with Gasteiger partial charge >= 0.3 is 0 Å². The second kappa shape index (κ2) is 5.11. The molecule has 0 aliphatic rings. The van der Waals surface area contributed by atoms with Crippen LogP contribution >= 0.6 is 11.3 Å². The summed E-state index contributed by atoms with van der Waals surface area (Å²) < 4.78 is 13.8. The van der Waals surface area contributed by atoms with Gasteiger partial charge in [-0.1, -0.05) is 30.3 Å². The molecule has 3 heteroatoms. The van der Waals surface area contributed by atoms with Crippen molar-refractivity contribution in [3.63, 3.8) is 0 Å². The van der Waals surface area contributed by atoms with E-state index in [9.17, 15) is 4.39 Å². The Labute approximate surface area is 115 Å². The van der Waals surface area contributed by atoms with Gasteiger partial charge in [-0.15, -0.1) is 11.3 Å². The van der Waals surface area contributed by atoms with E-state index in [2.05, 4.69) is 16.8 Å². The molecule has 0 atom stereocenters. The van der Waals surface area contributed by atoms with Crippen LogP contribution in [-0.4, -0.2) is 7.05 Å². The topological polar surface area (TPSA) is 12.0 Å². The number of hydrogen-bond acceptors (Lipinski definition) is 2. The maximum Gasteiger partial charge on any atom is 0.131 e. The van der Waals surface area contributed by atoms with Gasteiger partial charge in [0, 0.05) is 16.8 Å². The molecule has 1 aromatic heterocycles. The fourth-order valence-electron chi connectivity index (χ4n) is 2.30. The first-order valence-corrected chi connectivity index (χ1v) is 7.07. The second-order valence-electron chi connectivity index (χ2n) is 4.47.